The molecule has 3 amide bonds. The number of benzene rings is 1. The van der Waals surface area contributed by atoms with E-state index in [2.05, 4.69) is 15.6 Å². The third-order valence-electron chi connectivity index (χ3n) is 6.06. The van der Waals surface area contributed by atoms with Crippen LogP contribution in [0.2, 0.25) is 0 Å². The molecule has 0 spiro atoms. The number of amides is 3. The maximum absolute atomic E-state index is 12.9. The standard InChI is InChI=1S/C26H37N5O6/c1-18(2)24-26(34)28-9-5-11-30-13-10-27-25(30)19-7-8-20(36-4)21(15-19)37-14-6-12-31(16-22(32)29-24)23(33)17-35-3/h7-8,10,13,15,18,24H,5-6,9,11-12,14,16-17H2,1-4H3,(H,28,34)(H,29,32)/t24-/m1/s1. The number of ether oxygens (including phenoxy) is 3. The highest BCUT2D eigenvalue weighted by atomic mass is 16.5. The Kier molecular flexibility index (Phi) is 10.3. The third-order valence-corrected chi connectivity index (χ3v) is 6.06. The fraction of sp³-hybridized carbons (Fsp3) is 0.538. The Bertz CT molecular complexity index is 1070. The number of hydrogen-bond donors (Lipinski definition) is 2. The smallest absolute Gasteiger partial charge is 0.249 e. The van der Waals surface area contributed by atoms with Gasteiger partial charge in [0, 0.05) is 44.7 Å². The quantitative estimate of drug-likeness (QED) is 0.632. The van der Waals surface area contributed by atoms with E-state index >= 15 is 0 Å². The normalized spacial score (nSPS) is 18.0. The van der Waals surface area contributed by atoms with Crippen LogP contribution in [0.1, 0.15) is 26.7 Å². The Morgan fingerprint density at radius 3 is 2.76 bits per heavy atom. The molecule has 0 radical (unpaired) electrons. The first-order valence-electron chi connectivity index (χ1n) is 12.5. The monoisotopic (exact) mass is 515 g/mol. The van der Waals surface area contributed by atoms with Crippen molar-refractivity contribution in [2.75, 3.05) is 47.1 Å². The molecule has 0 aliphatic carbocycles. The van der Waals surface area contributed by atoms with Crippen molar-refractivity contribution in [1.82, 2.24) is 25.1 Å². The SMILES string of the molecule is COCC(=O)N1CCCOc2cc(ccc2OC)-c2nccn2CCCNC(=O)[C@@H](C(C)C)NC(=O)C1. The van der Waals surface area contributed by atoms with E-state index in [4.69, 9.17) is 14.2 Å². The Morgan fingerprint density at radius 2 is 2.03 bits per heavy atom. The summed E-state index contributed by atoms with van der Waals surface area (Å²) in [6, 6.07) is 4.92. The van der Waals surface area contributed by atoms with Crippen molar-refractivity contribution >= 4 is 17.7 Å². The lowest BCUT2D eigenvalue weighted by Gasteiger charge is -2.25. The molecule has 2 N–H and O–H groups in total. The second-order valence-corrected chi connectivity index (χ2v) is 9.19. The summed E-state index contributed by atoms with van der Waals surface area (Å²) in [6.07, 6.45) is 4.78. The van der Waals surface area contributed by atoms with Gasteiger partial charge in [-0.2, -0.15) is 0 Å². The van der Waals surface area contributed by atoms with Crippen molar-refractivity contribution in [3.8, 4) is 22.9 Å². The minimum Gasteiger partial charge on any atom is -0.493 e. The van der Waals surface area contributed by atoms with Crippen molar-refractivity contribution in [2.45, 2.75) is 39.3 Å². The second kappa shape index (κ2) is 13.6. The Labute approximate surface area is 217 Å². The lowest BCUT2D eigenvalue weighted by Crippen LogP contribution is -2.53. The van der Waals surface area contributed by atoms with Crippen LogP contribution in [0.3, 0.4) is 0 Å². The first-order valence-corrected chi connectivity index (χ1v) is 12.5. The zero-order chi connectivity index (χ0) is 26.8. The van der Waals surface area contributed by atoms with Gasteiger partial charge in [0.1, 0.15) is 18.5 Å². The fourth-order valence-corrected chi connectivity index (χ4v) is 4.12. The third kappa shape index (κ3) is 7.69. The minimum atomic E-state index is -0.713. The van der Waals surface area contributed by atoms with Crippen LogP contribution in [0, 0.1) is 5.92 Å². The molecule has 3 rings (SSSR count). The Balaban J connectivity index is 1.86. The van der Waals surface area contributed by atoms with E-state index in [0.717, 1.165) is 11.4 Å². The van der Waals surface area contributed by atoms with E-state index < -0.39 is 11.9 Å². The molecule has 0 fully saturated rings. The number of methoxy groups -OCH3 is 2. The van der Waals surface area contributed by atoms with E-state index in [1.165, 1.54) is 12.0 Å². The van der Waals surface area contributed by atoms with Crippen molar-refractivity contribution < 1.29 is 28.6 Å². The number of carbonyl (C=O) groups excluding carboxylic acids is 3. The van der Waals surface area contributed by atoms with Gasteiger partial charge >= 0.3 is 0 Å². The van der Waals surface area contributed by atoms with Gasteiger partial charge in [-0.1, -0.05) is 13.8 Å². The van der Waals surface area contributed by atoms with Crippen LogP contribution in [-0.2, 0) is 25.7 Å². The summed E-state index contributed by atoms with van der Waals surface area (Å²) in [5, 5.41) is 5.71. The predicted octanol–water partition coefficient (Wildman–Crippen LogP) is 1.46. The van der Waals surface area contributed by atoms with E-state index in [0.29, 0.717) is 44.0 Å². The molecule has 1 aliphatic rings. The van der Waals surface area contributed by atoms with Crippen molar-refractivity contribution in [1.29, 1.82) is 0 Å². The van der Waals surface area contributed by atoms with Crippen molar-refractivity contribution in [3.05, 3.63) is 30.6 Å². The van der Waals surface area contributed by atoms with Gasteiger partial charge in [-0.05, 0) is 37.0 Å². The van der Waals surface area contributed by atoms with Gasteiger partial charge < -0.3 is 34.3 Å². The van der Waals surface area contributed by atoms with Gasteiger partial charge in [0.05, 0.1) is 20.3 Å². The molecule has 0 saturated heterocycles. The first-order chi connectivity index (χ1) is 17.8. The van der Waals surface area contributed by atoms with Gasteiger partial charge in [-0.15, -0.1) is 0 Å². The molecule has 1 aromatic carbocycles. The van der Waals surface area contributed by atoms with Gasteiger partial charge in [0.15, 0.2) is 11.5 Å². The molecule has 11 nitrogen and oxygen atoms in total. The number of imidazole rings is 1. The first kappa shape index (κ1) is 28.0. The molecule has 37 heavy (non-hydrogen) atoms. The van der Waals surface area contributed by atoms with Gasteiger partial charge in [0.25, 0.3) is 0 Å². The minimum absolute atomic E-state index is 0.129. The van der Waals surface area contributed by atoms with E-state index in [1.54, 1.807) is 13.3 Å². The molecule has 2 aromatic rings. The highest BCUT2D eigenvalue weighted by Crippen LogP contribution is 2.32. The van der Waals surface area contributed by atoms with E-state index in [-0.39, 0.29) is 37.4 Å². The molecule has 1 atom stereocenters. The van der Waals surface area contributed by atoms with Crippen LogP contribution in [0.25, 0.3) is 11.4 Å². The Morgan fingerprint density at radius 1 is 1.22 bits per heavy atom. The number of hydrogen-bond acceptors (Lipinski definition) is 7. The maximum Gasteiger partial charge on any atom is 0.249 e. The fourth-order valence-electron chi connectivity index (χ4n) is 4.12. The van der Waals surface area contributed by atoms with Crippen molar-refractivity contribution in [2.24, 2.45) is 5.92 Å². The lowest BCUT2D eigenvalue weighted by atomic mass is 10.0. The molecule has 1 aliphatic heterocycles. The van der Waals surface area contributed by atoms with Gasteiger partial charge in [0.2, 0.25) is 17.7 Å². The van der Waals surface area contributed by atoms with Gasteiger partial charge in [-0.25, -0.2) is 4.98 Å². The molecule has 0 saturated carbocycles. The van der Waals surface area contributed by atoms with E-state index in [9.17, 15) is 14.4 Å². The molecule has 11 heteroatoms. The summed E-state index contributed by atoms with van der Waals surface area (Å²) in [6.45, 7) is 5.06. The molecular formula is C26H37N5O6. The van der Waals surface area contributed by atoms with Crippen LogP contribution < -0.4 is 20.1 Å². The molecule has 2 heterocycles. The van der Waals surface area contributed by atoms with Crippen LogP contribution >= 0.6 is 0 Å². The second-order valence-electron chi connectivity index (χ2n) is 9.19. The predicted molar refractivity (Wildman–Crippen MR) is 137 cm³/mol. The molecule has 202 valence electrons. The largest absolute Gasteiger partial charge is 0.493 e. The van der Waals surface area contributed by atoms with Crippen LogP contribution in [0.4, 0.5) is 0 Å². The maximum atomic E-state index is 12.9. The Hall–Kier alpha value is -3.60. The number of aryl methyl sites for hydroxylation is 1. The number of nitrogens with one attached hydrogen (secondary N) is 2. The molecule has 1 aromatic heterocycles. The number of carbonyl (C=O) groups is 3. The summed E-state index contributed by atoms with van der Waals surface area (Å²) >= 11 is 0. The molecule has 0 unspecified atom stereocenters. The highest BCUT2D eigenvalue weighted by Gasteiger charge is 2.26. The summed E-state index contributed by atoms with van der Waals surface area (Å²) in [4.78, 5) is 44.2. The lowest BCUT2D eigenvalue weighted by molar-refractivity contribution is -0.140. The van der Waals surface area contributed by atoms with Crippen LogP contribution in [0.15, 0.2) is 30.6 Å². The zero-order valence-electron chi connectivity index (χ0n) is 22.0. The highest BCUT2D eigenvalue weighted by molar-refractivity contribution is 5.90. The molecule has 2 bridgehead atoms. The summed E-state index contributed by atoms with van der Waals surface area (Å²) in [7, 11) is 3.00. The average Bonchev–Trinajstić information content (AvgIpc) is 3.34. The summed E-state index contributed by atoms with van der Waals surface area (Å²) in [5.41, 5.74) is 0.870. The summed E-state index contributed by atoms with van der Waals surface area (Å²) in [5.74, 6) is 0.815. The van der Waals surface area contributed by atoms with E-state index in [1.807, 2.05) is 42.8 Å². The zero-order valence-corrected chi connectivity index (χ0v) is 22.0. The van der Waals surface area contributed by atoms with Crippen LogP contribution in [0.5, 0.6) is 11.5 Å². The van der Waals surface area contributed by atoms with Crippen LogP contribution in [-0.4, -0.2) is 85.3 Å². The molecular weight excluding hydrogens is 478 g/mol. The van der Waals surface area contributed by atoms with Gasteiger partial charge in [-0.3, -0.25) is 14.4 Å². The summed E-state index contributed by atoms with van der Waals surface area (Å²) < 4.78 is 18.5. The topological polar surface area (TPSA) is 124 Å². The van der Waals surface area contributed by atoms with Crippen molar-refractivity contribution in [3.63, 3.8) is 0 Å². The average molecular weight is 516 g/mol. The number of fused-ring (bicyclic) bond motifs is 4. The number of nitrogens with zero attached hydrogens (tertiary/aromatic N) is 3. The number of rotatable bonds is 4. The number of aromatic nitrogens is 2.